The molecule has 0 aliphatic rings. The number of benzene rings is 3. The summed E-state index contributed by atoms with van der Waals surface area (Å²) in [6.07, 6.45) is 2.92. The van der Waals surface area contributed by atoms with Gasteiger partial charge in [0.25, 0.3) is 15.9 Å². The van der Waals surface area contributed by atoms with E-state index in [1.54, 1.807) is 42.5 Å². The fraction of sp³-hybridized carbons (Fsp3) is 0.250. The Morgan fingerprint density at radius 3 is 2.18 bits per heavy atom. The average molecular weight is 717 g/mol. The van der Waals surface area contributed by atoms with Crippen LogP contribution < -0.4 is 24.2 Å². The number of sulfonamides is 1. The van der Waals surface area contributed by atoms with Gasteiger partial charge in [0, 0.05) is 18.9 Å². The molecule has 0 bridgehead atoms. The second-order valence-corrected chi connectivity index (χ2v) is 14.2. The monoisotopic (exact) mass is 716 g/mol. The first kappa shape index (κ1) is 36.0. The Labute approximate surface area is 296 Å². The molecule has 0 spiro atoms. The van der Waals surface area contributed by atoms with Crippen molar-refractivity contribution >= 4 is 33.3 Å². The van der Waals surface area contributed by atoms with E-state index in [0.29, 0.717) is 5.75 Å². The van der Waals surface area contributed by atoms with E-state index in [4.69, 9.17) is 25.8 Å². The maximum absolute atomic E-state index is 13.8. The first-order valence-electron chi connectivity index (χ1n) is 15.7. The molecular weight excluding hydrogens is 680 g/mol. The smallest absolute Gasteiger partial charge is 0.263 e. The van der Waals surface area contributed by atoms with Crippen molar-refractivity contribution in [2.75, 3.05) is 25.0 Å². The van der Waals surface area contributed by atoms with E-state index >= 15 is 0 Å². The number of halogens is 1. The minimum Gasteiger partial charge on any atom is -0.493 e. The summed E-state index contributed by atoms with van der Waals surface area (Å²) in [4.78, 5) is 30.2. The van der Waals surface area contributed by atoms with E-state index in [1.165, 1.54) is 31.6 Å². The second-order valence-electron chi connectivity index (χ2n) is 12.0. The molecular formula is C36H37ClN6O6S. The molecule has 0 aliphatic carbocycles. The maximum atomic E-state index is 13.8. The Morgan fingerprint density at radius 1 is 0.860 bits per heavy atom. The number of amides is 1. The topological polar surface area (TPSA) is 155 Å². The number of aromatic nitrogens is 4. The molecule has 3 aromatic carbocycles. The summed E-state index contributed by atoms with van der Waals surface area (Å²) in [6, 6.07) is 24.3. The van der Waals surface area contributed by atoms with Crippen molar-refractivity contribution in [3.05, 3.63) is 108 Å². The highest BCUT2D eigenvalue weighted by Gasteiger charge is 2.27. The summed E-state index contributed by atoms with van der Waals surface area (Å²) in [5.74, 6) is -0.271. The molecule has 1 amide bonds. The van der Waals surface area contributed by atoms with Gasteiger partial charge in [0.15, 0.2) is 23.1 Å². The lowest BCUT2D eigenvalue weighted by Gasteiger charge is -2.20. The molecule has 1 atom stereocenters. The molecule has 0 fully saturated rings. The van der Waals surface area contributed by atoms with Crippen LogP contribution in [0.5, 0.6) is 23.1 Å². The van der Waals surface area contributed by atoms with Crippen molar-refractivity contribution in [1.29, 1.82) is 0 Å². The van der Waals surface area contributed by atoms with E-state index in [9.17, 15) is 13.2 Å². The van der Waals surface area contributed by atoms with Gasteiger partial charge < -0.3 is 19.5 Å². The number of para-hydroxylation sites is 2. The SMILES string of the molecule is COc1ccccc1Oc1c(NS(=O)(=O)c2ccc(C(C)(C)C)cc2)nc(-c2ncccn2)nc1OCCC(=O)NCC(Cl)c1ccccc1. The molecule has 5 rings (SSSR count). The normalized spacial score (nSPS) is 12.1. The van der Waals surface area contributed by atoms with Gasteiger partial charge >= 0.3 is 0 Å². The fourth-order valence-corrected chi connectivity index (χ4v) is 5.88. The van der Waals surface area contributed by atoms with Gasteiger partial charge in [0.2, 0.25) is 17.5 Å². The van der Waals surface area contributed by atoms with E-state index in [-0.39, 0.29) is 70.6 Å². The van der Waals surface area contributed by atoms with Crippen LogP contribution in [0.1, 0.15) is 43.7 Å². The lowest BCUT2D eigenvalue weighted by atomic mass is 9.87. The van der Waals surface area contributed by atoms with Crippen molar-refractivity contribution < 1.29 is 27.4 Å². The highest BCUT2D eigenvalue weighted by atomic mass is 35.5. The molecule has 0 saturated carbocycles. The lowest BCUT2D eigenvalue weighted by Crippen LogP contribution is -2.28. The van der Waals surface area contributed by atoms with Gasteiger partial charge in [-0.1, -0.05) is 75.4 Å². The zero-order chi connectivity index (χ0) is 35.7. The first-order valence-corrected chi connectivity index (χ1v) is 17.6. The van der Waals surface area contributed by atoms with Crippen molar-refractivity contribution in [3.63, 3.8) is 0 Å². The molecule has 12 nitrogen and oxygen atoms in total. The largest absolute Gasteiger partial charge is 0.493 e. The van der Waals surface area contributed by atoms with Crippen LogP contribution in [0.4, 0.5) is 5.82 Å². The number of carbonyl (C=O) groups excluding carboxylic acids is 1. The van der Waals surface area contributed by atoms with Gasteiger partial charge in [-0.25, -0.2) is 23.4 Å². The Balaban J connectivity index is 1.48. The van der Waals surface area contributed by atoms with E-state index in [2.05, 4.69) is 30.0 Å². The fourth-order valence-electron chi connectivity index (χ4n) is 4.65. The molecule has 5 aromatic rings. The molecule has 2 N–H and O–H groups in total. The zero-order valence-electron chi connectivity index (χ0n) is 28.0. The third kappa shape index (κ3) is 9.24. The van der Waals surface area contributed by atoms with Crippen LogP contribution in [0.2, 0.25) is 0 Å². The standard InChI is InChI=1S/C36H37ClN6O6S/c1-36(2,3)25-15-17-26(18-16-25)50(45,46)43-32-31(49-29-14-9-8-13-28(29)47-4)35(42-34(41-32)33-38-20-10-21-39-33)48-22-19-30(44)40-23-27(37)24-11-6-5-7-12-24/h5-18,20-21,27H,19,22-23H2,1-4H3,(H,40,44)(H,41,42,43). The number of hydrogen-bond donors (Lipinski definition) is 2. The van der Waals surface area contributed by atoms with Crippen LogP contribution in [0.15, 0.2) is 102 Å². The van der Waals surface area contributed by atoms with Crippen molar-refractivity contribution in [2.45, 2.75) is 42.9 Å². The summed E-state index contributed by atoms with van der Waals surface area (Å²) >= 11 is 6.46. The van der Waals surface area contributed by atoms with Crippen LogP contribution >= 0.6 is 11.6 Å². The minimum atomic E-state index is -4.22. The summed E-state index contributed by atoms with van der Waals surface area (Å²) < 4.78 is 47.8. The first-order chi connectivity index (χ1) is 23.9. The van der Waals surface area contributed by atoms with E-state index < -0.39 is 15.4 Å². The van der Waals surface area contributed by atoms with Crippen molar-refractivity contribution in [2.24, 2.45) is 0 Å². The second kappa shape index (κ2) is 16.0. The van der Waals surface area contributed by atoms with Gasteiger partial charge in [0.1, 0.15) is 0 Å². The third-order valence-corrected chi connectivity index (χ3v) is 9.11. The van der Waals surface area contributed by atoms with E-state index in [1.807, 2.05) is 51.1 Å². The molecule has 2 aromatic heterocycles. The molecule has 50 heavy (non-hydrogen) atoms. The summed E-state index contributed by atoms with van der Waals surface area (Å²) in [5.41, 5.74) is 1.66. The Hall–Kier alpha value is -5.27. The number of ether oxygens (including phenoxy) is 3. The number of nitrogens with one attached hydrogen (secondary N) is 2. The highest BCUT2D eigenvalue weighted by molar-refractivity contribution is 7.92. The van der Waals surface area contributed by atoms with Crippen LogP contribution in [0, 0.1) is 0 Å². The molecule has 0 saturated heterocycles. The van der Waals surface area contributed by atoms with Crippen LogP contribution in [-0.4, -0.2) is 54.5 Å². The molecule has 260 valence electrons. The Bertz CT molecular complexity index is 2010. The number of hydrogen-bond acceptors (Lipinski definition) is 10. The Kier molecular flexibility index (Phi) is 11.5. The number of methoxy groups -OCH3 is 1. The van der Waals surface area contributed by atoms with Gasteiger partial charge in [-0.05, 0) is 46.9 Å². The zero-order valence-corrected chi connectivity index (χ0v) is 29.5. The molecule has 0 radical (unpaired) electrons. The van der Waals surface area contributed by atoms with Gasteiger partial charge in [-0.15, -0.1) is 11.6 Å². The summed E-state index contributed by atoms with van der Waals surface area (Å²) in [6.45, 7) is 6.16. The van der Waals surface area contributed by atoms with Crippen LogP contribution in [0.25, 0.3) is 11.6 Å². The summed E-state index contributed by atoms with van der Waals surface area (Å²) in [5, 5.41) is 2.39. The van der Waals surface area contributed by atoms with Gasteiger partial charge in [-0.3, -0.25) is 9.52 Å². The third-order valence-electron chi connectivity index (χ3n) is 7.35. The quantitative estimate of drug-likeness (QED) is 0.119. The number of alkyl halides is 1. The van der Waals surface area contributed by atoms with E-state index in [0.717, 1.165) is 11.1 Å². The number of carbonyl (C=O) groups is 1. The molecule has 1 unspecified atom stereocenters. The predicted molar refractivity (Wildman–Crippen MR) is 190 cm³/mol. The van der Waals surface area contributed by atoms with Gasteiger partial charge in [-0.2, -0.15) is 4.98 Å². The minimum absolute atomic E-state index is 0.00268. The molecule has 2 heterocycles. The van der Waals surface area contributed by atoms with Crippen LogP contribution in [0.3, 0.4) is 0 Å². The van der Waals surface area contributed by atoms with Gasteiger partial charge in [0.05, 0.1) is 30.4 Å². The maximum Gasteiger partial charge on any atom is 0.263 e. The number of anilines is 1. The van der Waals surface area contributed by atoms with Crippen molar-refractivity contribution in [3.8, 4) is 34.8 Å². The Morgan fingerprint density at radius 2 is 1.52 bits per heavy atom. The van der Waals surface area contributed by atoms with Crippen molar-refractivity contribution in [1.82, 2.24) is 25.3 Å². The average Bonchev–Trinajstić information content (AvgIpc) is 3.12. The highest BCUT2D eigenvalue weighted by Crippen LogP contribution is 2.41. The number of rotatable bonds is 14. The summed E-state index contributed by atoms with van der Waals surface area (Å²) in [7, 11) is -2.75. The molecule has 0 aliphatic heterocycles. The van der Waals surface area contributed by atoms with Crippen LogP contribution in [-0.2, 0) is 20.2 Å². The predicted octanol–water partition coefficient (Wildman–Crippen LogP) is 6.70. The molecule has 14 heteroatoms. The number of nitrogens with zero attached hydrogens (tertiary/aromatic N) is 4. The lowest BCUT2D eigenvalue weighted by molar-refractivity contribution is -0.121.